The topological polar surface area (TPSA) is 56.7 Å². The van der Waals surface area contributed by atoms with E-state index >= 15 is 0 Å². The molecule has 5 nitrogen and oxygen atoms in total. The molecule has 0 unspecified atom stereocenters. The van der Waals surface area contributed by atoms with Gasteiger partial charge in [-0.05, 0) is 30.3 Å². The van der Waals surface area contributed by atoms with Crippen LogP contribution in [0.15, 0.2) is 65.4 Å². The molecule has 0 N–H and O–H groups in total. The molecule has 0 atom stereocenters. The van der Waals surface area contributed by atoms with E-state index in [1.165, 1.54) is 12.1 Å². The van der Waals surface area contributed by atoms with Crippen LogP contribution in [0.2, 0.25) is 10.0 Å². The number of hydrogen-bond acceptors (Lipinski definition) is 4. The predicted octanol–water partition coefficient (Wildman–Crippen LogP) is 6.34. The fourth-order valence-electron chi connectivity index (χ4n) is 3.21. The Bertz CT molecular complexity index is 1360. The second-order valence-electron chi connectivity index (χ2n) is 6.81. The van der Waals surface area contributed by atoms with Gasteiger partial charge in [0.05, 0.1) is 17.8 Å². The smallest absolute Gasteiger partial charge is 0.175 e. The summed E-state index contributed by atoms with van der Waals surface area (Å²) in [5.41, 5.74) is 2.39. The summed E-state index contributed by atoms with van der Waals surface area (Å²) in [4.78, 5) is 8.64. The second kappa shape index (κ2) is 7.76. The normalized spacial score (nSPS) is 11.4. The van der Waals surface area contributed by atoms with Gasteiger partial charge in [0, 0.05) is 23.0 Å². The molecule has 2 aliphatic heterocycles. The van der Waals surface area contributed by atoms with Gasteiger partial charge >= 0.3 is 0 Å². The Morgan fingerprint density at radius 2 is 1.71 bits per heavy atom. The zero-order valence-electron chi connectivity index (χ0n) is 15.7. The molecular weight excluding hydrogens is 445 g/mol. The third kappa shape index (κ3) is 3.66. The highest BCUT2D eigenvalue weighted by Gasteiger charge is 2.19. The molecule has 1 aromatic heterocycles. The number of benzene rings is 2. The van der Waals surface area contributed by atoms with Crippen LogP contribution in [0, 0.1) is 11.6 Å². The Labute approximate surface area is 185 Å². The molecule has 0 aliphatic carbocycles. The van der Waals surface area contributed by atoms with Crippen molar-refractivity contribution in [3.8, 4) is 34.0 Å². The van der Waals surface area contributed by atoms with E-state index in [9.17, 15) is 8.78 Å². The summed E-state index contributed by atoms with van der Waals surface area (Å²) in [5.74, 6) is -1.34. The fourth-order valence-corrected chi connectivity index (χ4v) is 3.58. The van der Waals surface area contributed by atoms with Gasteiger partial charge in [0.1, 0.15) is 16.4 Å². The Kier molecular flexibility index (Phi) is 4.92. The molecule has 5 rings (SSSR count). The minimum absolute atomic E-state index is 0.00800. The van der Waals surface area contributed by atoms with Gasteiger partial charge in [-0.25, -0.2) is 18.7 Å². The maximum absolute atomic E-state index is 14.1. The van der Waals surface area contributed by atoms with Crippen molar-refractivity contribution in [3.05, 3.63) is 88.4 Å². The molecule has 9 heteroatoms. The lowest BCUT2D eigenvalue weighted by Gasteiger charge is -2.05. The number of rotatable bonds is 4. The van der Waals surface area contributed by atoms with E-state index in [1.54, 1.807) is 35.2 Å². The lowest BCUT2D eigenvalue weighted by molar-refractivity contribution is 0.378. The van der Waals surface area contributed by atoms with Crippen molar-refractivity contribution in [1.82, 2.24) is 19.7 Å². The molecule has 154 valence electrons. The lowest BCUT2D eigenvalue weighted by Crippen LogP contribution is -2.00. The van der Waals surface area contributed by atoms with Crippen LogP contribution in [0.3, 0.4) is 0 Å². The highest BCUT2D eigenvalue weighted by atomic mass is 35.5. The number of hydrogen-bond donors (Lipinski definition) is 0. The summed E-state index contributed by atoms with van der Waals surface area (Å²) in [7, 11) is 0. The Hall–Kier alpha value is -3.29. The Morgan fingerprint density at radius 1 is 0.935 bits per heavy atom. The highest BCUT2D eigenvalue weighted by molar-refractivity contribution is 6.33. The van der Waals surface area contributed by atoms with Gasteiger partial charge in [0.25, 0.3) is 0 Å². The van der Waals surface area contributed by atoms with E-state index in [0.717, 1.165) is 11.6 Å². The first-order chi connectivity index (χ1) is 15.0. The summed E-state index contributed by atoms with van der Waals surface area (Å²) >= 11 is 12.4. The SMILES string of the molecule is Fc1cccc(-c2nc3ccn(Cc4onc(-c5ccc(Cl)cc5)c4Cl)cc-3n2)c1F. The van der Waals surface area contributed by atoms with Gasteiger partial charge in [-0.2, -0.15) is 0 Å². The lowest BCUT2D eigenvalue weighted by atomic mass is 10.1. The molecule has 0 bridgehead atoms. The van der Waals surface area contributed by atoms with Crippen molar-refractivity contribution in [2.75, 3.05) is 0 Å². The quantitative estimate of drug-likeness (QED) is 0.316. The van der Waals surface area contributed by atoms with Crippen molar-refractivity contribution in [3.63, 3.8) is 0 Å². The first-order valence-electron chi connectivity index (χ1n) is 9.17. The first kappa shape index (κ1) is 19.7. The molecule has 0 spiro atoms. The van der Waals surface area contributed by atoms with E-state index in [2.05, 4.69) is 15.1 Å². The minimum Gasteiger partial charge on any atom is -0.357 e. The Balaban J connectivity index is 1.45. The van der Waals surface area contributed by atoms with Crippen LogP contribution in [0.4, 0.5) is 8.78 Å². The molecule has 0 fully saturated rings. The van der Waals surface area contributed by atoms with Crippen molar-refractivity contribution >= 4 is 23.2 Å². The van der Waals surface area contributed by atoms with Gasteiger partial charge in [0.2, 0.25) is 0 Å². The number of pyridine rings is 1. The summed E-state index contributed by atoms with van der Waals surface area (Å²) < 4.78 is 34.9. The standard InChI is InChI=1S/C22H12Cl2F2N4O/c23-13-6-4-12(5-7-13)21-19(24)18(31-29-21)11-30-9-8-16-17(10-30)28-22(27-16)14-2-1-3-15(25)20(14)26/h1-10H,11H2. The number of imidazole rings is 1. The first-order valence-corrected chi connectivity index (χ1v) is 9.93. The minimum atomic E-state index is -0.978. The second-order valence-corrected chi connectivity index (χ2v) is 7.63. The largest absolute Gasteiger partial charge is 0.357 e. The monoisotopic (exact) mass is 456 g/mol. The van der Waals surface area contributed by atoms with Crippen LogP contribution < -0.4 is 0 Å². The van der Waals surface area contributed by atoms with E-state index < -0.39 is 11.6 Å². The van der Waals surface area contributed by atoms with E-state index in [0.29, 0.717) is 39.4 Å². The highest BCUT2D eigenvalue weighted by Crippen LogP contribution is 2.32. The Morgan fingerprint density at radius 3 is 2.52 bits per heavy atom. The average molecular weight is 457 g/mol. The number of aromatic nitrogens is 4. The van der Waals surface area contributed by atoms with Crippen LogP contribution in [0.1, 0.15) is 5.76 Å². The van der Waals surface area contributed by atoms with Gasteiger partial charge < -0.3 is 9.09 Å². The summed E-state index contributed by atoms with van der Waals surface area (Å²) in [6, 6.07) is 12.7. The molecular formula is C22H12Cl2F2N4O. The van der Waals surface area contributed by atoms with Gasteiger partial charge in [-0.1, -0.05) is 46.6 Å². The van der Waals surface area contributed by atoms with Crippen molar-refractivity contribution < 1.29 is 13.3 Å². The van der Waals surface area contributed by atoms with Gasteiger partial charge in [-0.3, -0.25) is 0 Å². The molecule has 0 amide bonds. The number of nitrogens with zero attached hydrogens (tertiary/aromatic N) is 4. The van der Waals surface area contributed by atoms with Gasteiger partial charge in [-0.15, -0.1) is 0 Å². The summed E-state index contributed by atoms with van der Waals surface area (Å²) in [6.45, 7) is 0.298. The maximum Gasteiger partial charge on any atom is 0.175 e. The zero-order chi connectivity index (χ0) is 21.5. The van der Waals surface area contributed by atoms with E-state index in [4.69, 9.17) is 27.7 Å². The van der Waals surface area contributed by atoms with Crippen LogP contribution >= 0.6 is 23.2 Å². The zero-order valence-corrected chi connectivity index (χ0v) is 17.2. The van der Waals surface area contributed by atoms with Crippen molar-refractivity contribution in [2.45, 2.75) is 6.54 Å². The molecule has 0 saturated carbocycles. The van der Waals surface area contributed by atoms with Crippen molar-refractivity contribution in [2.24, 2.45) is 0 Å². The molecule has 3 aromatic rings. The molecule has 2 aliphatic rings. The molecule has 0 saturated heterocycles. The van der Waals surface area contributed by atoms with E-state index in [-0.39, 0.29) is 11.4 Å². The molecule has 2 aromatic carbocycles. The maximum atomic E-state index is 14.1. The fraction of sp³-hybridized carbons (Fsp3) is 0.0455. The van der Waals surface area contributed by atoms with Crippen LogP contribution in [-0.2, 0) is 6.54 Å². The summed E-state index contributed by atoms with van der Waals surface area (Å²) in [5, 5.41) is 5.07. The molecule has 0 radical (unpaired) electrons. The predicted molar refractivity (Wildman–Crippen MR) is 113 cm³/mol. The molecule has 3 heterocycles. The van der Waals surface area contributed by atoms with Crippen LogP contribution in [0.25, 0.3) is 34.0 Å². The number of halogens is 4. The van der Waals surface area contributed by atoms with Crippen molar-refractivity contribution in [1.29, 1.82) is 0 Å². The third-order valence-electron chi connectivity index (χ3n) is 4.76. The van der Waals surface area contributed by atoms with E-state index in [1.807, 2.05) is 12.1 Å². The summed E-state index contributed by atoms with van der Waals surface area (Å²) in [6.07, 6.45) is 3.49. The van der Waals surface area contributed by atoms with Crippen LogP contribution in [-0.4, -0.2) is 19.7 Å². The third-order valence-corrected chi connectivity index (χ3v) is 5.41. The van der Waals surface area contributed by atoms with Crippen LogP contribution in [0.5, 0.6) is 0 Å². The average Bonchev–Trinajstić information content (AvgIpc) is 3.34. The van der Waals surface area contributed by atoms with Gasteiger partial charge in [0.15, 0.2) is 23.2 Å². The number of fused-ring (bicyclic) bond motifs is 1. The molecule has 31 heavy (non-hydrogen) atoms.